The molecular formula is C16H20FN5O2. The summed E-state index contributed by atoms with van der Waals surface area (Å²) >= 11 is 0. The Bertz CT molecular complexity index is 686. The maximum atomic E-state index is 14.0. The molecule has 1 fully saturated rings. The minimum Gasteiger partial charge on any atom is -0.365 e. The van der Waals surface area contributed by atoms with Crippen molar-refractivity contribution in [2.24, 2.45) is 0 Å². The van der Waals surface area contributed by atoms with Gasteiger partial charge in [-0.2, -0.15) is 0 Å². The number of amides is 1. The second kappa shape index (κ2) is 7.48. The smallest absolute Gasteiger partial charge is 0.253 e. The number of nitrogens with one attached hydrogen (secondary N) is 1. The summed E-state index contributed by atoms with van der Waals surface area (Å²) in [5.74, 6) is -0.854. The number of carbonyl (C=O) groups is 1. The van der Waals surface area contributed by atoms with E-state index in [0.29, 0.717) is 12.1 Å². The van der Waals surface area contributed by atoms with Gasteiger partial charge in [-0.1, -0.05) is 19.8 Å². The van der Waals surface area contributed by atoms with Crippen LogP contribution in [0.2, 0.25) is 0 Å². The zero-order valence-corrected chi connectivity index (χ0v) is 13.5. The van der Waals surface area contributed by atoms with Crippen molar-refractivity contribution in [2.45, 2.75) is 51.2 Å². The van der Waals surface area contributed by atoms with Crippen molar-refractivity contribution in [1.29, 1.82) is 0 Å². The van der Waals surface area contributed by atoms with Crippen LogP contribution in [-0.2, 0) is 9.53 Å². The van der Waals surface area contributed by atoms with Crippen LogP contribution in [0.5, 0.6) is 0 Å². The van der Waals surface area contributed by atoms with Crippen molar-refractivity contribution in [1.82, 2.24) is 20.2 Å². The van der Waals surface area contributed by atoms with Gasteiger partial charge in [-0.3, -0.25) is 4.79 Å². The average molecular weight is 333 g/mol. The van der Waals surface area contributed by atoms with Crippen LogP contribution in [-0.4, -0.2) is 38.3 Å². The van der Waals surface area contributed by atoms with E-state index in [4.69, 9.17) is 4.74 Å². The SMILES string of the molecule is CC[C@@H](OC1CCCC1)C(=O)Nc1cc(-n2cnnn2)ccc1F. The van der Waals surface area contributed by atoms with Crippen LogP contribution in [0.4, 0.5) is 10.1 Å². The topological polar surface area (TPSA) is 81.9 Å². The summed E-state index contributed by atoms with van der Waals surface area (Å²) in [5.41, 5.74) is 0.642. The number of hydrogen-bond acceptors (Lipinski definition) is 5. The molecule has 1 atom stereocenters. The summed E-state index contributed by atoms with van der Waals surface area (Å²) in [7, 11) is 0. The third kappa shape index (κ3) is 3.76. The molecule has 128 valence electrons. The molecule has 1 heterocycles. The summed E-state index contributed by atoms with van der Waals surface area (Å²) in [6.45, 7) is 1.88. The second-order valence-electron chi connectivity index (χ2n) is 5.85. The van der Waals surface area contributed by atoms with Gasteiger partial charge in [0, 0.05) is 0 Å². The highest BCUT2D eigenvalue weighted by Crippen LogP contribution is 2.24. The summed E-state index contributed by atoms with van der Waals surface area (Å²) in [4.78, 5) is 12.4. The Morgan fingerprint density at radius 1 is 1.46 bits per heavy atom. The number of benzene rings is 1. The minimum atomic E-state index is -0.579. The third-order valence-corrected chi connectivity index (χ3v) is 4.14. The molecule has 7 nitrogen and oxygen atoms in total. The fourth-order valence-electron chi connectivity index (χ4n) is 2.84. The van der Waals surface area contributed by atoms with Gasteiger partial charge >= 0.3 is 0 Å². The normalized spacial score (nSPS) is 16.2. The van der Waals surface area contributed by atoms with E-state index in [9.17, 15) is 9.18 Å². The molecule has 8 heteroatoms. The molecule has 3 rings (SSSR count). The average Bonchev–Trinajstić information content (AvgIpc) is 3.28. The first kappa shape index (κ1) is 16.5. The van der Waals surface area contributed by atoms with E-state index in [-0.39, 0.29) is 17.7 Å². The molecule has 0 bridgehead atoms. The molecule has 24 heavy (non-hydrogen) atoms. The van der Waals surface area contributed by atoms with Crippen LogP contribution in [0.3, 0.4) is 0 Å². The van der Waals surface area contributed by atoms with Crippen molar-refractivity contribution in [2.75, 3.05) is 5.32 Å². The largest absolute Gasteiger partial charge is 0.365 e. The standard InChI is InChI=1S/C16H20FN5O2/c1-2-15(24-12-5-3-4-6-12)16(23)19-14-9-11(7-8-13(14)17)22-10-18-20-21-22/h7-10,12,15H,2-6H2,1H3,(H,19,23)/t15-/m1/s1. The lowest BCUT2D eigenvalue weighted by Gasteiger charge is -2.20. The Hall–Kier alpha value is -2.35. The molecule has 0 spiro atoms. The summed E-state index contributed by atoms with van der Waals surface area (Å²) in [6.07, 6.45) is 5.70. The van der Waals surface area contributed by atoms with Crippen LogP contribution in [0.1, 0.15) is 39.0 Å². The Morgan fingerprint density at radius 2 is 2.25 bits per heavy atom. The van der Waals surface area contributed by atoms with E-state index in [1.807, 2.05) is 6.92 Å². The quantitative estimate of drug-likeness (QED) is 0.878. The molecule has 1 saturated carbocycles. The first-order chi connectivity index (χ1) is 11.7. The van der Waals surface area contributed by atoms with Crippen molar-refractivity contribution in [3.63, 3.8) is 0 Å². The van der Waals surface area contributed by atoms with E-state index in [1.165, 1.54) is 29.2 Å². The zero-order valence-electron chi connectivity index (χ0n) is 13.5. The predicted molar refractivity (Wildman–Crippen MR) is 85.2 cm³/mol. The highest BCUT2D eigenvalue weighted by Gasteiger charge is 2.25. The predicted octanol–water partition coefficient (Wildman–Crippen LogP) is 2.48. The molecule has 1 aromatic carbocycles. The van der Waals surface area contributed by atoms with Gasteiger partial charge in [0.2, 0.25) is 0 Å². The first-order valence-electron chi connectivity index (χ1n) is 8.16. The summed E-state index contributed by atoms with van der Waals surface area (Å²) < 4.78 is 21.3. The van der Waals surface area contributed by atoms with Gasteiger partial charge < -0.3 is 10.1 Å². The van der Waals surface area contributed by atoms with E-state index in [1.54, 1.807) is 0 Å². The van der Waals surface area contributed by atoms with Gasteiger partial charge in [-0.15, -0.1) is 5.10 Å². The Morgan fingerprint density at radius 3 is 2.92 bits per heavy atom. The van der Waals surface area contributed by atoms with Crippen LogP contribution in [0, 0.1) is 5.82 Å². The number of aromatic nitrogens is 4. The number of carbonyl (C=O) groups excluding carboxylic acids is 1. The van der Waals surface area contributed by atoms with Crippen molar-refractivity contribution >= 4 is 11.6 Å². The first-order valence-corrected chi connectivity index (χ1v) is 8.16. The van der Waals surface area contributed by atoms with Crippen LogP contribution >= 0.6 is 0 Å². The molecule has 0 saturated heterocycles. The highest BCUT2D eigenvalue weighted by molar-refractivity contribution is 5.94. The number of halogens is 1. The number of hydrogen-bond donors (Lipinski definition) is 1. The molecule has 0 radical (unpaired) electrons. The highest BCUT2D eigenvalue weighted by atomic mass is 19.1. The van der Waals surface area contributed by atoms with Gasteiger partial charge in [0.25, 0.3) is 5.91 Å². The summed E-state index contributed by atoms with van der Waals surface area (Å²) in [5, 5.41) is 13.5. The zero-order chi connectivity index (χ0) is 16.9. The molecule has 0 unspecified atom stereocenters. The van der Waals surface area contributed by atoms with Crippen molar-refractivity contribution in [3.05, 3.63) is 30.3 Å². The lowest BCUT2D eigenvalue weighted by molar-refractivity contribution is -0.131. The van der Waals surface area contributed by atoms with Crippen LogP contribution < -0.4 is 5.32 Å². The number of anilines is 1. The Balaban J connectivity index is 1.71. The number of tetrazole rings is 1. The molecular weight excluding hydrogens is 313 g/mol. The molecule has 0 aliphatic heterocycles. The number of rotatable bonds is 6. The van der Waals surface area contributed by atoms with Gasteiger partial charge in [0.1, 0.15) is 18.2 Å². The summed E-state index contributed by atoms with van der Waals surface area (Å²) in [6, 6.07) is 4.30. The maximum Gasteiger partial charge on any atom is 0.253 e. The van der Waals surface area contributed by atoms with E-state index < -0.39 is 11.9 Å². The lowest BCUT2D eigenvalue weighted by Crippen LogP contribution is -2.33. The number of nitrogens with zero attached hydrogens (tertiary/aromatic N) is 4. The maximum absolute atomic E-state index is 14.0. The molecule has 1 N–H and O–H groups in total. The molecule has 1 aromatic heterocycles. The minimum absolute atomic E-state index is 0.0847. The molecule has 2 aromatic rings. The van der Waals surface area contributed by atoms with E-state index in [0.717, 1.165) is 25.7 Å². The van der Waals surface area contributed by atoms with Crippen LogP contribution in [0.25, 0.3) is 5.69 Å². The molecule has 1 amide bonds. The lowest BCUT2D eigenvalue weighted by atomic mass is 10.2. The molecule has 1 aliphatic carbocycles. The van der Waals surface area contributed by atoms with Crippen LogP contribution in [0.15, 0.2) is 24.5 Å². The van der Waals surface area contributed by atoms with Gasteiger partial charge in [0.15, 0.2) is 0 Å². The second-order valence-corrected chi connectivity index (χ2v) is 5.85. The monoisotopic (exact) mass is 333 g/mol. The Labute approximate surface area is 139 Å². The van der Waals surface area contributed by atoms with Gasteiger partial charge in [-0.05, 0) is 47.9 Å². The fraction of sp³-hybridized carbons (Fsp3) is 0.500. The van der Waals surface area contributed by atoms with Crippen molar-refractivity contribution in [3.8, 4) is 5.69 Å². The number of ether oxygens (including phenoxy) is 1. The van der Waals surface area contributed by atoms with Gasteiger partial charge in [-0.25, -0.2) is 9.07 Å². The fourth-order valence-corrected chi connectivity index (χ4v) is 2.84. The van der Waals surface area contributed by atoms with E-state index >= 15 is 0 Å². The van der Waals surface area contributed by atoms with E-state index in [2.05, 4.69) is 20.8 Å². The Kier molecular flexibility index (Phi) is 5.14. The molecule has 1 aliphatic rings. The van der Waals surface area contributed by atoms with Crippen molar-refractivity contribution < 1.29 is 13.9 Å². The van der Waals surface area contributed by atoms with Gasteiger partial charge in [0.05, 0.1) is 17.5 Å². The third-order valence-electron chi connectivity index (χ3n) is 4.14.